The van der Waals surface area contributed by atoms with Gasteiger partial charge in [-0.1, -0.05) is 41.0 Å². The lowest BCUT2D eigenvalue weighted by molar-refractivity contribution is -0.129. The van der Waals surface area contributed by atoms with Gasteiger partial charge in [0.2, 0.25) is 5.91 Å². The molecule has 8 nitrogen and oxygen atoms in total. The predicted molar refractivity (Wildman–Crippen MR) is 143 cm³/mol. The Morgan fingerprint density at radius 1 is 0.973 bits per heavy atom. The van der Waals surface area contributed by atoms with Gasteiger partial charge < -0.3 is 14.2 Å². The van der Waals surface area contributed by atoms with E-state index in [2.05, 4.69) is 10.2 Å². The summed E-state index contributed by atoms with van der Waals surface area (Å²) in [6, 6.07) is 16.4. The van der Waals surface area contributed by atoms with Gasteiger partial charge in [0.1, 0.15) is 0 Å². The summed E-state index contributed by atoms with van der Waals surface area (Å²) in [5.41, 5.74) is 2.59. The Balaban J connectivity index is 1.31. The second kappa shape index (κ2) is 11.0. The molecule has 2 amide bonds. The number of halogens is 2. The fourth-order valence-corrected chi connectivity index (χ4v) is 5.19. The number of furan rings is 1. The number of hydrogen-bond acceptors (Lipinski definition) is 6. The van der Waals surface area contributed by atoms with Crippen molar-refractivity contribution in [3.05, 3.63) is 82.2 Å². The maximum atomic E-state index is 13.0. The molecule has 3 heterocycles. The molecule has 0 spiro atoms. The number of piperazine rings is 1. The number of amides is 2. The van der Waals surface area contributed by atoms with Gasteiger partial charge in [-0.2, -0.15) is 0 Å². The van der Waals surface area contributed by atoms with E-state index in [0.29, 0.717) is 53.0 Å². The quantitative estimate of drug-likeness (QED) is 0.303. The maximum absolute atomic E-state index is 13.0. The Hall–Kier alpha value is -3.27. The summed E-state index contributed by atoms with van der Waals surface area (Å²) in [5.74, 6) is 0.925. The molecule has 1 aliphatic rings. The molecule has 11 heteroatoms. The SMILES string of the molecule is Cc1ccc(-n2c(SCC(=O)N3CCN(C(=O)c4ccco4)CC3)nnc2-c2ccc(Cl)cc2)cc1Cl. The molecule has 0 aliphatic carbocycles. The van der Waals surface area contributed by atoms with Crippen molar-refractivity contribution in [3.8, 4) is 17.1 Å². The van der Waals surface area contributed by atoms with Crippen molar-refractivity contribution >= 4 is 46.8 Å². The largest absolute Gasteiger partial charge is 0.459 e. The van der Waals surface area contributed by atoms with E-state index in [-0.39, 0.29) is 17.6 Å². The summed E-state index contributed by atoms with van der Waals surface area (Å²) in [6.45, 7) is 3.77. The van der Waals surface area contributed by atoms with Crippen molar-refractivity contribution in [2.45, 2.75) is 12.1 Å². The molecule has 2 aromatic carbocycles. The van der Waals surface area contributed by atoms with E-state index < -0.39 is 0 Å². The second-order valence-corrected chi connectivity index (χ2v) is 10.3. The number of aromatic nitrogens is 3. The Morgan fingerprint density at radius 2 is 1.70 bits per heavy atom. The number of benzene rings is 2. The van der Waals surface area contributed by atoms with Gasteiger partial charge in [0, 0.05) is 41.8 Å². The van der Waals surface area contributed by atoms with Crippen LogP contribution in [0, 0.1) is 6.92 Å². The highest BCUT2D eigenvalue weighted by atomic mass is 35.5. The van der Waals surface area contributed by atoms with Gasteiger partial charge in [0.15, 0.2) is 16.7 Å². The van der Waals surface area contributed by atoms with Crippen LogP contribution in [0.15, 0.2) is 70.4 Å². The van der Waals surface area contributed by atoms with Crippen LogP contribution in [0.25, 0.3) is 17.1 Å². The average Bonchev–Trinajstić information content (AvgIpc) is 3.60. The van der Waals surface area contributed by atoms with E-state index in [4.69, 9.17) is 27.6 Å². The molecule has 2 aromatic heterocycles. The fourth-order valence-electron chi connectivity index (χ4n) is 4.04. The van der Waals surface area contributed by atoms with Crippen LogP contribution in [0.5, 0.6) is 0 Å². The molecule has 0 saturated carbocycles. The van der Waals surface area contributed by atoms with Crippen molar-refractivity contribution in [1.29, 1.82) is 0 Å². The van der Waals surface area contributed by atoms with Crippen LogP contribution in [0.2, 0.25) is 10.0 Å². The first-order valence-corrected chi connectivity index (χ1v) is 13.4. The predicted octanol–water partition coefficient (Wildman–Crippen LogP) is 5.22. The highest BCUT2D eigenvalue weighted by Gasteiger charge is 2.27. The molecule has 1 aliphatic heterocycles. The summed E-state index contributed by atoms with van der Waals surface area (Å²) in [5, 5.41) is 10.6. The zero-order valence-corrected chi connectivity index (χ0v) is 22.3. The van der Waals surface area contributed by atoms with Crippen molar-refractivity contribution < 1.29 is 14.0 Å². The number of thioether (sulfide) groups is 1. The lowest BCUT2D eigenvalue weighted by Crippen LogP contribution is -2.51. The Labute approximate surface area is 228 Å². The molecular formula is C26H23Cl2N5O3S. The zero-order valence-electron chi connectivity index (χ0n) is 19.9. The lowest BCUT2D eigenvalue weighted by Gasteiger charge is -2.34. The summed E-state index contributed by atoms with van der Waals surface area (Å²) in [4.78, 5) is 29.0. The first-order chi connectivity index (χ1) is 17.9. The molecular weight excluding hydrogens is 533 g/mol. The van der Waals surface area contributed by atoms with Crippen LogP contribution in [0.3, 0.4) is 0 Å². The maximum Gasteiger partial charge on any atom is 0.289 e. The molecule has 1 fully saturated rings. The Bertz CT molecular complexity index is 1410. The lowest BCUT2D eigenvalue weighted by atomic mass is 10.2. The Kier molecular flexibility index (Phi) is 7.55. The number of carbonyl (C=O) groups excluding carboxylic acids is 2. The third-order valence-corrected chi connectivity index (χ3v) is 7.70. The van der Waals surface area contributed by atoms with Crippen molar-refractivity contribution in [2.75, 3.05) is 31.9 Å². The van der Waals surface area contributed by atoms with Crippen molar-refractivity contribution in [1.82, 2.24) is 24.6 Å². The molecule has 37 heavy (non-hydrogen) atoms. The molecule has 190 valence electrons. The number of aryl methyl sites for hydroxylation is 1. The molecule has 5 rings (SSSR count). The van der Waals surface area contributed by atoms with Gasteiger partial charge in [-0.15, -0.1) is 10.2 Å². The van der Waals surface area contributed by atoms with Gasteiger partial charge >= 0.3 is 0 Å². The minimum atomic E-state index is -0.161. The first kappa shape index (κ1) is 25.4. The monoisotopic (exact) mass is 555 g/mol. The molecule has 4 aromatic rings. The fraction of sp³-hybridized carbons (Fsp3) is 0.231. The Morgan fingerprint density at radius 3 is 2.38 bits per heavy atom. The highest BCUT2D eigenvalue weighted by molar-refractivity contribution is 7.99. The number of rotatable bonds is 6. The van der Waals surface area contributed by atoms with E-state index in [1.165, 1.54) is 18.0 Å². The standard InChI is InChI=1S/C26H23Cl2N5O3S/c1-17-4-9-20(15-21(17)28)33-24(18-5-7-19(27)8-6-18)29-30-26(33)37-16-23(34)31-10-12-32(13-11-31)25(35)22-3-2-14-36-22/h2-9,14-15H,10-13,16H2,1H3. The number of hydrogen-bond donors (Lipinski definition) is 0. The van der Waals surface area contributed by atoms with Gasteiger partial charge in [0.05, 0.1) is 17.7 Å². The molecule has 1 saturated heterocycles. The third kappa shape index (κ3) is 5.53. The van der Waals surface area contributed by atoms with Gasteiger partial charge in [-0.25, -0.2) is 0 Å². The minimum absolute atomic E-state index is 0.0281. The molecule has 0 bridgehead atoms. The van der Waals surface area contributed by atoms with E-state index >= 15 is 0 Å². The van der Waals surface area contributed by atoms with E-state index in [1.807, 2.05) is 41.8 Å². The summed E-state index contributed by atoms with van der Waals surface area (Å²) >= 11 is 13.8. The highest BCUT2D eigenvalue weighted by Crippen LogP contribution is 2.30. The second-order valence-electron chi connectivity index (χ2n) is 8.52. The van der Waals surface area contributed by atoms with E-state index in [9.17, 15) is 9.59 Å². The van der Waals surface area contributed by atoms with Crippen LogP contribution >= 0.6 is 35.0 Å². The third-order valence-electron chi connectivity index (χ3n) is 6.13. The summed E-state index contributed by atoms with van der Waals surface area (Å²) in [6.07, 6.45) is 1.48. The molecule has 0 unspecified atom stereocenters. The van der Waals surface area contributed by atoms with Crippen molar-refractivity contribution in [2.24, 2.45) is 0 Å². The van der Waals surface area contributed by atoms with Crippen LogP contribution in [0.4, 0.5) is 0 Å². The van der Waals surface area contributed by atoms with E-state index in [0.717, 1.165) is 16.8 Å². The summed E-state index contributed by atoms with van der Waals surface area (Å²) < 4.78 is 7.10. The average molecular weight is 556 g/mol. The van der Waals surface area contributed by atoms with Gasteiger partial charge in [0.25, 0.3) is 5.91 Å². The van der Waals surface area contributed by atoms with Crippen LogP contribution < -0.4 is 0 Å². The topological polar surface area (TPSA) is 84.5 Å². The van der Waals surface area contributed by atoms with Crippen LogP contribution in [-0.2, 0) is 4.79 Å². The van der Waals surface area contributed by atoms with Gasteiger partial charge in [-0.05, 0) is 61.0 Å². The van der Waals surface area contributed by atoms with E-state index in [1.54, 1.807) is 34.1 Å². The minimum Gasteiger partial charge on any atom is -0.459 e. The zero-order chi connectivity index (χ0) is 25.9. The number of carbonyl (C=O) groups is 2. The van der Waals surface area contributed by atoms with Crippen LogP contribution in [-0.4, -0.2) is 68.3 Å². The number of nitrogens with zero attached hydrogens (tertiary/aromatic N) is 5. The first-order valence-electron chi connectivity index (χ1n) is 11.6. The van der Waals surface area contributed by atoms with Crippen molar-refractivity contribution in [3.63, 3.8) is 0 Å². The molecule has 0 atom stereocenters. The molecule has 0 radical (unpaired) electrons. The smallest absolute Gasteiger partial charge is 0.289 e. The van der Waals surface area contributed by atoms with Gasteiger partial charge in [-0.3, -0.25) is 14.2 Å². The normalized spacial score (nSPS) is 13.7. The van der Waals surface area contributed by atoms with Crippen LogP contribution in [0.1, 0.15) is 16.1 Å². The molecule has 0 N–H and O–H groups in total. The summed E-state index contributed by atoms with van der Waals surface area (Å²) in [7, 11) is 0.